The molecule has 14 rings (SSSR count). The third kappa shape index (κ3) is 5.66. The molecule has 0 radical (unpaired) electrons. The van der Waals surface area contributed by atoms with Crippen LogP contribution >= 0.6 is 0 Å². The van der Waals surface area contributed by atoms with Gasteiger partial charge in [0.05, 0.1) is 54.4 Å². The number of fused-ring (bicyclic) bond motifs is 14. The van der Waals surface area contributed by atoms with Crippen LogP contribution in [0.1, 0.15) is 48.6 Å². The van der Waals surface area contributed by atoms with Crippen LogP contribution in [-0.2, 0) is 10.8 Å². The van der Waals surface area contributed by atoms with Crippen LogP contribution in [0.3, 0.4) is 0 Å². The average molecular weight is 999 g/mol. The fourth-order valence-corrected chi connectivity index (χ4v) is 18.6. The van der Waals surface area contributed by atoms with E-state index >= 15 is 0 Å². The molecule has 0 bridgehead atoms. The Morgan fingerprint density at radius 1 is 0.403 bits per heavy atom. The van der Waals surface area contributed by atoms with E-state index < -0.39 is 37.7 Å². The van der Waals surface area contributed by atoms with E-state index in [2.05, 4.69) is 242 Å². The summed E-state index contributed by atoms with van der Waals surface area (Å²) in [5.41, 5.74) is 24.7. The highest BCUT2D eigenvalue weighted by Gasteiger charge is 2.55. The Kier molecular flexibility index (Phi) is 8.68. The molecule has 10 aromatic rings. The van der Waals surface area contributed by atoms with Gasteiger partial charge in [-0.15, -0.1) is 0 Å². The molecule has 0 saturated carbocycles. The fourth-order valence-electron chi connectivity index (χ4n) is 14.0. The van der Waals surface area contributed by atoms with Crippen molar-refractivity contribution in [2.75, 3.05) is 0 Å². The Hall–Kier alpha value is -5.71. The third-order valence-corrected chi connectivity index (χ3v) is 25.9. The van der Waals surface area contributed by atoms with Crippen molar-refractivity contribution in [3.8, 4) is 33.6 Å². The quantitative estimate of drug-likeness (QED) is 0.152. The van der Waals surface area contributed by atoms with E-state index in [0.717, 1.165) is 0 Å². The maximum Gasteiger partial charge on any atom is 0.252 e. The molecule has 0 atom stereocenters. The molecule has 7 heteroatoms. The Balaban J connectivity index is 1.30. The Morgan fingerprint density at radius 3 is 1.43 bits per heavy atom. The van der Waals surface area contributed by atoms with Crippen LogP contribution in [0.2, 0.25) is 78.6 Å². The standard InChI is InChI=1S/C65H67BN2Si4/c1-64(2,3)39-26-24-38(25-27-39)46-37-54-63-58-62(46)67-57-29-28-40(69(4,5)6)30-47(57)48-32-42(71(10,11)12)35-55(60(48)67)66(58)56-36-43(72(13,14)15)33-50-49-31-41(70(7,8)9)34-53(59(49)68(63)61(50)56)65(54)51-22-18-16-20-44(51)45-21-17-19-23-52(45)65/h16-37H,1-15H3. The molecule has 8 aromatic carbocycles. The van der Waals surface area contributed by atoms with E-state index in [1.165, 1.54) is 132 Å². The van der Waals surface area contributed by atoms with Gasteiger partial charge in [0.1, 0.15) is 0 Å². The van der Waals surface area contributed by atoms with Gasteiger partial charge in [-0.05, 0) is 78.4 Å². The summed E-state index contributed by atoms with van der Waals surface area (Å²) in [6, 6.07) is 55.3. The summed E-state index contributed by atoms with van der Waals surface area (Å²) in [6.45, 7) is 37.6. The monoisotopic (exact) mass is 998 g/mol. The van der Waals surface area contributed by atoms with Gasteiger partial charge in [0.15, 0.2) is 0 Å². The second-order valence-corrected chi connectivity index (χ2v) is 47.7. The van der Waals surface area contributed by atoms with Gasteiger partial charge in [-0.25, -0.2) is 0 Å². The van der Waals surface area contributed by atoms with Gasteiger partial charge in [0.2, 0.25) is 0 Å². The molecule has 0 N–H and O–H groups in total. The van der Waals surface area contributed by atoms with Crippen LogP contribution in [-0.4, -0.2) is 48.1 Å². The molecule has 1 spiro atoms. The first-order valence-electron chi connectivity index (χ1n) is 26.7. The molecule has 2 aromatic heterocycles. The summed E-state index contributed by atoms with van der Waals surface area (Å²) in [7, 11) is -7.26. The summed E-state index contributed by atoms with van der Waals surface area (Å²) < 4.78 is 5.64. The summed E-state index contributed by atoms with van der Waals surface area (Å²) in [5.74, 6) is 0. The zero-order chi connectivity index (χ0) is 50.3. The number of hydrogen-bond donors (Lipinski definition) is 0. The van der Waals surface area contributed by atoms with Crippen LogP contribution < -0.4 is 37.1 Å². The van der Waals surface area contributed by atoms with E-state index in [9.17, 15) is 0 Å². The number of rotatable bonds is 5. The minimum atomic E-state index is -1.88. The lowest BCUT2D eigenvalue weighted by Crippen LogP contribution is -2.62. The SMILES string of the molecule is CC(C)(C)c1ccc(-c2cc3c4c5c2-n2c6ccc([Si](C)(C)C)cc6c6cc([Si](C)(C)C)cc(c62)B5c2cc([Si](C)(C)C)cc5c6cc([Si](C)(C)C)cc(c6n-4c25)C32c3ccccc3-c3ccccc32)cc1. The highest BCUT2D eigenvalue weighted by atomic mass is 28.3. The zero-order valence-electron chi connectivity index (χ0n) is 45.2. The lowest BCUT2D eigenvalue weighted by Gasteiger charge is -2.45. The molecule has 3 aliphatic heterocycles. The predicted octanol–water partition coefficient (Wildman–Crippen LogP) is 12.8. The largest absolute Gasteiger partial charge is 0.310 e. The first-order chi connectivity index (χ1) is 33.9. The van der Waals surface area contributed by atoms with Gasteiger partial charge < -0.3 is 9.13 Å². The molecule has 4 aliphatic rings. The lowest BCUT2D eigenvalue weighted by molar-refractivity contribution is 0.590. The second kappa shape index (κ2) is 13.9. The zero-order valence-corrected chi connectivity index (χ0v) is 49.2. The normalized spacial score (nSPS) is 15.2. The average Bonchev–Trinajstić information content (AvgIpc) is 3.94. The van der Waals surface area contributed by atoms with Gasteiger partial charge >= 0.3 is 0 Å². The first kappa shape index (κ1) is 44.9. The predicted molar refractivity (Wildman–Crippen MR) is 327 cm³/mol. The van der Waals surface area contributed by atoms with Gasteiger partial charge in [0.25, 0.3) is 6.71 Å². The van der Waals surface area contributed by atoms with E-state index in [-0.39, 0.29) is 12.1 Å². The van der Waals surface area contributed by atoms with Crippen LogP contribution in [0.25, 0.3) is 77.2 Å². The van der Waals surface area contributed by atoms with Crippen molar-refractivity contribution in [1.82, 2.24) is 9.13 Å². The summed E-state index contributed by atoms with van der Waals surface area (Å²) in [5, 5.41) is 11.9. The lowest BCUT2D eigenvalue weighted by atomic mass is 9.33. The Bertz CT molecular complexity index is 4070. The van der Waals surface area contributed by atoms with E-state index in [1.807, 2.05) is 0 Å². The molecule has 72 heavy (non-hydrogen) atoms. The van der Waals surface area contributed by atoms with Crippen LogP contribution in [0.4, 0.5) is 0 Å². The van der Waals surface area contributed by atoms with Crippen molar-refractivity contribution in [2.45, 2.75) is 110 Å². The topological polar surface area (TPSA) is 9.86 Å². The third-order valence-electron chi connectivity index (χ3n) is 17.8. The maximum atomic E-state index is 2.85. The number of aromatic nitrogens is 2. The molecule has 5 heterocycles. The van der Waals surface area contributed by atoms with E-state index in [0.29, 0.717) is 0 Å². The van der Waals surface area contributed by atoms with Crippen molar-refractivity contribution in [2.24, 2.45) is 0 Å². The minimum absolute atomic E-state index is 0.0334. The highest BCUT2D eigenvalue weighted by Crippen LogP contribution is 2.62. The van der Waals surface area contributed by atoms with Crippen molar-refractivity contribution in [3.63, 3.8) is 0 Å². The van der Waals surface area contributed by atoms with Gasteiger partial charge in [0, 0.05) is 43.8 Å². The van der Waals surface area contributed by atoms with Crippen molar-refractivity contribution < 1.29 is 0 Å². The van der Waals surface area contributed by atoms with Crippen LogP contribution in [0.15, 0.2) is 133 Å². The highest BCUT2D eigenvalue weighted by molar-refractivity contribution is 7.02. The molecule has 0 saturated heterocycles. The van der Waals surface area contributed by atoms with Crippen molar-refractivity contribution in [1.29, 1.82) is 0 Å². The summed E-state index contributed by atoms with van der Waals surface area (Å²) in [6.07, 6.45) is 0. The Morgan fingerprint density at radius 2 is 0.889 bits per heavy atom. The van der Waals surface area contributed by atoms with E-state index in [4.69, 9.17) is 0 Å². The number of hydrogen-bond acceptors (Lipinski definition) is 0. The number of benzene rings is 8. The smallest absolute Gasteiger partial charge is 0.252 e. The summed E-state index contributed by atoms with van der Waals surface area (Å²) in [4.78, 5) is 0. The van der Waals surface area contributed by atoms with Crippen LogP contribution in [0.5, 0.6) is 0 Å². The van der Waals surface area contributed by atoms with Crippen molar-refractivity contribution in [3.05, 3.63) is 161 Å². The molecule has 356 valence electrons. The molecule has 1 aliphatic carbocycles. The fraction of sp³-hybridized carbons (Fsp3) is 0.262. The first-order valence-corrected chi connectivity index (χ1v) is 40.7. The van der Waals surface area contributed by atoms with Crippen LogP contribution in [0, 0.1) is 0 Å². The number of nitrogens with zero attached hydrogens (tertiary/aromatic N) is 2. The molecule has 0 amide bonds. The molecular weight excluding hydrogens is 932 g/mol. The Labute approximate surface area is 431 Å². The van der Waals surface area contributed by atoms with Crippen molar-refractivity contribution >= 4 is 120 Å². The summed E-state index contributed by atoms with van der Waals surface area (Å²) >= 11 is 0. The minimum Gasteiger partial charge on any atom is -0.310 e. The molecule has 0 fully saturated rings. The van der Waals surface area contributed by atoms with Gasteiger partial charge in [-0.3, -0.25) is 0 Å². The van der Waals surface area contributed by atoms with E-state index in [1.54, 1.807) is 10.4 Å². The molecule has 2 nitrogen and oxygen atoms in total. The van der Waals surface area contributed by atoms with Gasteiger partial charge in [-0.1, -0.05) is 241 Å². The maximum absolute atomic E-state index is 2.85. The second-order valence-electron chi connectivity index (χ2n) is 27.4. The van der Waals surface area contributed by atoms with Gasteiger partial charge in [-0.2, -0.15) is 0 Å². The molecule has 0 unspecified atom stereocenters. The molecular formula is C65H67BN2Si4.